The molecule has 30 heavy (non-hydrogen) atoms. The molecule has 0 spiro atoms. The molecule has 0 aliphatic heterocycles. The normalized spacial score (nSPS) is 10.9. The molecule has 5 nitrogen and oxygen atoms in total. The monoisotopic (exact) mass is 398 g/mol. The topological polar surface area (TPSA) is 65.3 Å². The Kier molecular flexibility index (Phi) is 5.19. The molecule has 0 aliphatic carbocycles. The molecule has 1 aromatic heterocycles. The van der Waals surface area contributed by atoms with Crippen LogP contribution in [0.3, 0.4) is 0 Å². The molecule has 0 saturated heterocycles. The molecule has 150 valence electrons. The zero-order valence-corrected chi connectivity index (χ0v) is 17.2. The molecule has 0 fully saturated rings. The maximum atomic E-state index is 11.0. The maximum Gasteiger partial charge on any atom is 0.269 e. The number of hydrogen-bond donors (Lipinski definition) is 0. The van der Waals surface area contributed by atoms with Crippen molar-refractivity contribution < 1.29 is 9.66 Å². The highest BCUT2D eigenvalue weighted by Crippen LogP contribution is 2.36. The van der Waals surface area contributed by atoms with Gasteiger partial charge in [0.1, 0.15) is 5.75 Å². The lowest BCUT2D eigenvalue weighted by molar-refractivity contribution is -0.384. The van der Waals surface area contributed by atoms with Gasteiger partial charge in [0, 0.05) is 35.7 Å². The van der Waals surface area contributed by atoms with Crippen LogP contribution in [-0.2, 0) is 6.42 Å². The van der Waals surface area contributed by atoms with Crippen molar-refractivity contribution >= 4 is 16.5 Å². The summed E-state index contributed by atoms with van der Waals surface area (Å²) in [7, 11) is 1.63. The summed E-state index contributed by atoms with van der Waals surface area (Å²) in [5.41, 5.74) is 6.55. The zero-order valence-electron chi connectivity index (χ0n) is 17.2. The van der Waals surface area contributed by atoms with E-state index in [1.54, 1.807) is 19.2 Å². The highest BCUT2D eigenvalue weighted by atomic mass is 16.6. The summed E-state index contributed by atoms with van der Waals surface area (Å²) in [5.74, 6) is 0.722. The second kappa shape index (κ2) is 7.95. The van der Waals surface area contributed by atoms with Crippen molar-refractivity contribution in [1.29, 1.82) is 0 Å². The number of pyridine rings is 1. The summed E-state index contributed by atoms with van der Waals surface area (Å²) >= 11 is 0. The lowest BCUT2D eigenvalue weighted by atomic mass is 9.96. The van der Waals surface area contributed by atoms with E-state index in [1.807, 2.05) is 18.3 Å². The summed E-state index contributed by atoms with van der Waals surface area (Å²) in [5, 5.41) is 13.1. The predicted molar refractivity (Wildman–Crippen MR) is 119 cm³/mol. The molecule has 4 aromatic rings. The Morgan fingerprint density at radius 2 is 1.73 bits per heavy atom. The molecule has 3 aromatic carbocycles. The number of nitro groups is 1. The molecule has 1 heterocycles. The van der Waals surface area contributed by atoms with E-state index >= 15 is 0 Å². The van der Waals surface area contributed by atoms with Crippen molar-refractivity contribution in [2.24, 2.45) is 0 Å². The minimum atomic E-state index is -0.396. The van der Waals surface area contributed by atoms with Gasteiger partial charge in [-0.1, -0.05) is 18.2 Å². The largest absolute Gasteiger partial charge is 0.496 e. The number of fused-ring (bicyclic) bond motifs is 1. The first kappa shape index (κ1) is 19.6. The number of methoxy groups -OCH3 is 1. The fraction of sp³-hybridized carbons (Fsp3) is 0.160. The summed E-state index contributed by atoms with van der Waals surface area (Å²) in [6, 6.07) is 19.1. The van der Waals surface area contributed by atoms with Gasteiger partial charge in [-0.05, 0) is 71.8 Å². The van der Waals surface area contributed by atoms with E-state index in [1.165, 1.54) is 28.8 Å². The molecule has 0 N–H and O–H groups in total. The second-order valence-electron chi connectivity index (χ2n) is 7.43. The molecule has 0 radical (unpaired) electrons. The molecule has 0 amide bonds. The van der Waals surface area contributed by atoms with Crippen LogP contribution in [0.5, 0.6) is 5.75 Å². The van der Waals surface area contributed by atoms with Gasteiger partial charge in [0.05, 0.1) is 17.7 Å². The fourth-order valence-corrected chi connectivity index (χ4v) is 3.67. The van der Waals surface area contributed by atoms with Gasteiger partial charge in [-0.25, -0.2) is 0 Å². The third-order valence-corrected chi connectivity index (χ3v) is 5.50. The van der Waals surface area contributed by atoms with Crippen LogP contribution in [0.1, 0.15) is 22.4 Å². The van der Waals surface area contributed by atoms with Gasteiger partial charge in [0.25, 0.3) is 5.69 Å². The summed E-state index contributed by atoms with van der Waals surface area (Å²) in [4.78, 5) is 15.2. The molecule has 4 rings (SSSR count). The Labute approximate surface area is 175 Å². The lowest BCUT2D eigenvalue weighted by Crippen LogP contribution is -1.97. The Morgan fingerprint density at radius 3 is 2.40 bits per heavy atom. The fourth-order valence-electron chi connectivity index (χ4n) is 3.67. The highest BCUT2D eigenvalue weighted by molar-refractivity contribution is 5.92. The number of nitro benzene ring substituents is 1. The van der Waals surface area contributed by atoms with Crippen LogP contribution < -0.4 is 4.74 Å². The summed E-state index contributed by atoms with van der Waals surface area (Å²) in [6.07, 6.45) is 2.55. The van der Waals surface area contributed by atoms with E-state index in [-0.39, 0.29) is 5.69 Å². The van der Waals surface area contributed by atoms with Crippen molar-refractivity contribution in [2.45, 2.75) is 20.3 Å². The van der Waals surface area contributed by atoms with Gasteiger partial charge in [-0.15, -0.1) is 0 Å². The molecular weight excluding hydrogens is 376 g/mol. The number of ether oxygens (including phenoxy) is 1. The van der Waals surface area contributed by atoms with Crippen LogP contribution in [0.15, 0.2) is 66.9 Å². The van der Waals surface area contributed by atoms with E-state index in [9.17, 15) is 10.1 Å². The summed E-state index contributed by atoms with van der Waals surface area (Å²) in [6.45, 7) is 4.23. The van der Waals surface area contributed by atoms with Crippen molar-refractivity contribution in [3.05, 3.63) is 99.4 Å². The van der Waals surface area contributed by atoms with Gasteiger partial charge in [0.2, 0.25) is 0 Å². The van der Waals surface area contributed by atoms with Gasteiger partial charge >= 0.3 is 0 Å². The highest BCUT2D eigenvalue weighted by Gasteiger charge is 2.13. The van der Waals surface area contributed by atoms with Gasteiger partial charge < -0.3 is 4.74 Å². The Morgan fingerprint density at radius 1 is 0.967 bits per heavy atom. The minimum Gasteiger partial charge on any atom is -0.496 e. The van der Waals surface area contributed by atoms with E-state index in [4.69, 9.17) is 4.74 Å². The van der Waals surface area contributed by atoms with Crippen LogP contribution >= 0.6 is 0 Å². The van der Waals surface area contributed by atoms with Crippen molar-refractivity contribution in [1.82, 2.24) is 4.98 Å². The second-order valence-corrected chi connectivity index (χ2v) is 7.43. The van der Waals surface area contributed by atoms with Crippen LogP contribution in [0, 0.1) is 24.0 Å². The third kappa shape index (κ3) is 3.74. The van der Waals surface area contributed by atoms with Crippen LogP contribution in [0.25, 0.3) is 21.9 Å². The quantitative estimate of drug-likeness (QED) is 0.304. The Balaban J connectivity index is 1.82. The minimum absolute atomic E-state index is 0.0654. The van der Waals surface area contributed by atoms with E-state index in [2.05, 4.69) is 43.1 Å². The Hall–Kier alpha value is -3.73. The summed E-state index contributed by atoms with van der Waals surface area (Å²) < 4.78 is 5.62. The number of hydrogen-bond acceptors (Lipinski definition) is 4. The van der Waals surface area contributed by atoms with Gasteiger partial charge in [-0.2, -0.15) is 0 Å². The number of benzene rings is 3. The molecule has 0 aliphatic rings. The average molecular weight is 398 g/mol. The molecule has 0 atom stereocenters. The average Bonchev–Trinajstić information content (AvgIpc) is 2.75. The number of aromatic nitrogens is 1. The Bertz CT molecular complexity index is 1250. The molecule has 5 heteroatoms. The van der Waals surface area contributed by atoms with Crippen molar-refractivity contribution in [3.8, 4) is 16.9 Å². The SMILES string of the molecule is COc1cc2ccnc(Cc3ccc(C)c(C)c3)c2cc1-c1ccc([N+](=O)[O-])cc1. The van der Waals surface area contributed by atoms with Crippen LogP contribution in [-0.4, -0.2) is 17.0 Å². The zero-order chi connectivity index (χ0) is 21.3. The smallest absolute Gasteiger partial charge is 0.269 e. The first-order valence-electron chi connectivity index (χ1n) is 9.73. The van der Waals surface area contributed by atoms with E-state index in [0.29, 0.717) is 0 Å². The number of aryl methyl sites for hydroxylation is 2. The van der Waals surface area contributed by atoms with Crippen molar-refractivity contribution in [2.75, 3.05) is 7.11 Å². The maximum absolute atomic E-state index is 11.0. The van der Waals surface area contributed by atoms with Gasteiger partial charge in [-0.3, -0.25) is 15.1 Å². The first-order chi connectivity index (χ1) is 14.5. The van der Waals surface area contributed by atoms with E-state index in [0.717, 1.165) is 39.8 Å². The van der Waals surface area contributed by atoms with Crippen LogP contribution in [0.4, 0.5) is 5.69 Å². The standard InChI is InChI=1S/C25H22N2O3/c1-16-4-5-18(12-17(16)2)13-24-22-15-23(19-6-8-21(9-7-19)27(28)29)25(30-3)14-20(22)10-11-26-24/h4-12,14-15H,13H2,1-3H3. The molecular formula is C25H22N2O3. The third-order valence-electron chi connectivity index (χ3n) is 5.50. The number of non-ortho nitro benzene ring substituents is 1. The van der Waals surface area contributed by atoms with Crippen molar-refractivity contribution in [3.63, 3.8) is 0 Å². The van der Waals surface area contributed by atoms with Gasteiger partial charge in [0.15, 0.2) is 0 Å². The molecule has 0 saturated carbocycles. The first-order valence-corrected chi connectivity index (χ1v) is 9.73. The predicted octanol–water partition coefficient (Wildman–Crippen LogP) is 6.03. The molecule has 0 unspecified atom stereocenters. The molecule has 0 bridgehead atoms. The number of rotatable bonds is 5. The number of nitrogens with zero attached hydrogens (tertiary/aromatic N) is 2. The lowest BCUT2D eigenvalue weighted by Gasteiger charge is -2.13. The van der Waals surface area contributed by atoms with Crippen LogP contribution in [0.2, 0.25) is 0 Å². The van der Waals surface area contributed by atoms with E-state index < -0.39 is 4.92 Å².